The van der Waals surface area contributed by atoms with Crippen LogP contribution in [0, 0.1) is 5.92 Å². The van der Waals surface area contributed by atoms with Crippen LogP contribution in [0.3, 0.4) is 0 Å². The van der Waals surface area contributed by atoms with E-state index in [0.29, 0.717) is 0 Å². The Morgan fingerprint density at radius 2 is 1.94 bits per heavy atom. The molecule has 3 aliphatic rings. The summed E-state index contributed by atoms with van der Waals surface area (Å²) < 4.78 is 0. The maximum absolute atomic E-state index is 3.72. The smallest absolute Gasteiger partial charge is 0.0214 e. The Hall–Kier alpha value is 0.270. The third-order valence-electron chi connectivity index (χ3n) is 5.03. The van der Waals surface area contributed by atoms with Crippen molar-refractivity contribution in [3.63, 3.8) is 0 Å². The molecule has 0 aromatic rings. The summed E-state index contributed by atoms with van der Waals surface area (Å²) in [6, 6.07) is 1.77. The van der Waals surface area contributed by atoms with Crippen molar-refractivity contribution in [3.05, 3.63) is 0 Å². The highest BCUT2D eigenvalue weighted by Crippen LogP contribution is 2.33. The standard InChI is InChI=1S/C15H28N2S/c1-18-15-5-3-2-4-14(15)17-9-8-12(11-17)10-16-13-6-7-13/h12-16H,2-11H2,1H3. The molecule has 1 N–H and O–H groups in total. The van der Waals surface area contributed by atoms with Crippen LogP contribution in [-0.2, 0) is 0 Å². The van der Waals surface area contributed by atoms with Gasteiger partial charge < -0.3 is 5.32 Å². The largest absolute Gasteiger partial charge is 0.314 e. The first-order valence-corrected chi connectivity index (χ1v) is 9.16. The molecular weight excluding hydrogens is 240 g/mol. The number of hydrogen-bond acceptors (Lipinski definition) is 3. The second kappa shape index (κ2) is 6.15. The average molecular weight is 268 g/mol. The molecule has 0 bridgehead atoms. The first-order valence-electron chi connectivity index (χ1n) is 7.87. The van der Waals surface area contributed by atoms with Gasteiger partial charge in [0.25, 0.3) is 0 Å². The summed E-state index contributed by atoms with van der Waals surface area (Å²) in [4.78, 5) is 2.82. The van der Waals surface area contributed by atoms with Crippen LogP contribution in [0.2, 0.25) is 0 Å². The summed E-state index contributed by atoms with van der Waals surface area (Å²) in [5.41, 5.74) is 0. The monoisotopic (exact) mass is 268 g/mol. The number of thioether (sulfide) groups is 1. The van der Waals surface area contributed by atoms with Gasteiger partial charge in [-0.25, -0.2) is 0 Å². The average Bonchev–Trinajstić information content (AvgIpc) is 3.13. The molecule has 3 atom stereocenters. The highest BCUT2D eigenvalue weighted by Gasteiger charge is 2.34. The lowest BCUT2D eigenvalue weighted by Crippen LogP contribution is -2.43. The lowest BCUT2D eigenvalue weighted by atomic mass is 9.94. The summed E-state index contributed by atoms with van der Waals surface area (Å²) in [6.45, 7) is 4.00. The Morgan fingerprint density at radius 3 is 2.72 bits per heavy atom. The van der Waals surface area contributed by atoms with E-state index >= 15 is 0 Å². The van der Waals surface area contributed by atoms with E-state index in [1.807, 2.05) is 0 Å². The van der Waals surface area contributed by atoms with Crippen LogP contribution in [-0.4, -0.2) is 48.1 Å². The van der Waals surface area contributed by atoms with Gasteiger partial charge >= 0.3 is 0 Å². The van der Waals surface area contributed by atoms with Gasteiger partial charge in [-0.1, -0.05) is 12.8 Å². The number of nitrogens with zero attached hydrogens (tertiary/aromatic N) is 1. The van der Waals surface area contributed by atoms with Gasteiger partial charge in [-0.3, -0.25) is 4.90 Å². The number of rotatable bonds is 5. The van der Waals surface area contributed by atoms with Crippen molar-refractivity contribution in [2.24, 2.45) is 5.92 Å². The van der Waals surface area contributed by atoms with Crippen molar-refractivity contribution >= 4 is 11.8 Å². The number of hydrogen-bond donors (Lipinski definition) is 1. The minimum absolute atomic E-state index is 0.882. The minimum atomic E-state index is 0.882. The van der Waals surface area contributed by atoms with Gasteiger partial charge in [0.1, 0.15) is 0 Å². The van der Waals surface area contributed by atoms with E-state index < -0.39 is 0 Å². The van der Waals surface area contributed by atoms with Crippen LogP contribution in [0.1, 0.15) is 44.9 Å². The summed E-state index contributed by atoms with van der Waals surface area (Å²) in [5, 5.41) is 4.63. The molecule has 0 amide bonds. The SMILES string of the molecule is CSC1CCCCC1N1CCC(CNC2CC2)C1. The summed E-state index contributed by atoms with van der Waals surface area (Å²) in [6.07, 6.45) is 12.4. The summed E-state index contributed by atoms with van der Waals surface area (Å²) in [5.74, 6) is 0.926. The van der Waals surface area contributed by atoms with E-state index in [1.54, 1.807) is 0 Å². The van der Waals surface area contributed by atoms with Crippen molar-refractivity contribution in [2.75, 3.05) is 25.9 Å². The molecule has 2 saturated carbocycles. The highest BCUT2D eigenvalue weighted by atomic mass is 32.2. The van der Waals surface area contributed by atoms with Gasteiger partial charge in [0.15, 0.2) is 0 Å². The van der Waals surface area contributed by atoms with Crippen LogP contribution >= 0.6 is 11.8 Å². The van der Waals surface area contributed by atoms with Crippen LogP contribution in [0.25, 0.3) is 0 Å². The molecule has 2 aliphatic carbocycles. The fraction of sp³-hybridized carbons (Fsp3) is 1.00. The first kappa shape index (κ1) is 13.3. The second-order valence-corrected chi connectivity index (χ2v) is 7.54. The fourth-order valence-corrected chi connectivity index (χ4v) is 4.75. The number of nitrogens with one attached hydrogen (secondary N) is 1. The molecule has 104 valence electrons. The van der Waals surface area contributed by atoms with E-state index in [0.717, 1.165) is 23.3 Å². The number of likely N-dealkylation sites (tertiary alicyclic amines) is 1. The summed E-state index contributed by atoms with van der Waals surface area (Å²) >= 11 is 2.11. The van der Waals surface area contributed by atoms with Crippen molar-refractivity contribution in [1.29, 1.82) is 0 Å². The van der Waals surface area contributed by atoms with Crippen molar-refractivity contribution < 1.29 is 0 Å². The van der Waals surface area contributed by atoms with Crippen molar-refractivity contribution in [2.45, 2.75) is 62.3 Å². The van der Waals surface area contributed by atoms with E-state index in [9.17, 15) is 0 Å². The quantitative estimate of drug-likeness (QED) is 0.825. The topological polar surface area (TPSA) is 15.3 Å². The van der Waals surface area contributed by atoms with Gasteiger partial charge in [0.05, 0.1) is 0 Å². The Balaban J connectivity index is 1.47. The van der Waals surface area contributed by atoms with Crippen LogP contribution in [0.5, 0.6) is 0 Å². The molecule has 0 spiro atoms. The predicted molar refractivity (Wildman–Crippen MR) is 80.3 cm³/mol. The third-order valence-corrected chi connectivity index (χ3v) is 6.18. The van der Waals surface area contributed by atoms with E-state index in [-0.39, 0.29) is 0 Å². The second-order valence-electron chi connectivity index (χ2n) is 6.46. The molecule has 0 radical (unpaired) electrons. The minimum Gasteiger partial charge on any atom is -0.314 e. The molecule has 3 unspecified atom stereocenters. The molecular formula is C15H28N2S. The van der Waals surface area contributed by atoms with Crippen LogP contribution in [0.4, 0.5) is 0 Å². The zero-order valence-electron chi connectivity index (χ0n) is 11.7. The predicted octanol–water partition coefficient (Wildman–Crippen LogP) is 2.73. The maximum atomic E-state index is 3.72. The molecule has 3 heteroatoms. The zero-order chi connectivity index (χ0) is 12.4. The molecule has 3 rings (SSSR count). The lowest BCUT2D eigenvalue weighted by Gasteiger charge is -2.37. The van der Waals surface area contributed by atoms with E-state index in [2.05, 4.69) is 28.2 Å². The van der Waals surface area contributed by atoms with Gasteiger partial charge in [0.2, 0.25) is 0 Å². The van der Waals surface area contributed by atoms with Gasteiger partial charge in [-0.2, -0.15) is 11.8 Å². The highest BCUT2D eigenvalue weighted by molar-refractivity contribution is 7.99. The normalized spacial score (nSPS) is 38.2. The zero-order valence-corrected chi connectivity index (χ0v) is 12.6. The van der Waals surface area contributed by atoms with E-state index in [1.165, 1.54) is 64.6 Å². The third kappa shape index (κ3) is 3.23. The molecule has 3 fully saturated rings. The van der Waals surface area contributed by atoms with Gasteiger partial charge in [0, 0.05) is 23.9 Å². The maximum Gasteiger partial charge on any atom is 0.0214 e. The molecule has 18 heavy (non-hydrogen) atoms. The molecule has 2 nitrogen and oxygen atoms in total. The lowest BCUT2D eigenvalue weighted by molar-refractivity contribution is 0.191. The molecule has 1 saturated heterocycles. The van der Waals surface area contributed by atoms with Gasteiger partial charge in [-0.05, 0) is 57.4 Å². The molecule has 0 aromatic carbocycles. The fourth-order valence-electron chi connectivity index (χ4n) is 3.72. The first-order chi connectivity index (χ1) is 8.86. The summed E-state index contributed by atoms with van der Waals surface area (Å²) in [7, 11) is 0. The Morgan fingerprint density at radius 1 is 1.11 bits per heavy atom. The van der Waals surface area contributed by atoms with Crippen molar-refractivity contribution in [3.8, 4) is 0 Å². The van der Waals surface area contributed by atoms with Crippen molar-refractivity contribution in [1.82, 2.24) is 10.2 Å². The van der Waals surface area contributed by atoms with E-state index in [4.69, 9.17) is 0 Å². The molecule has 1 aliphatic heterocycles. The molecule has 1 heterocycles. The Bertz CT molecular complexity index is 267. The molecule has 0 aromatic heterocycles. The van der Waals surface area contributed by atoms with Gasteiger partial charge in [-0.15, -0.1) is 0 Å². The Kier molecular flexibility index (Phi) is 4.53. The van der Waals surface area contributed by atoms with Crippen LogP contribution < -0.4 is 5.32 Å². The Labute approximate surface area is 116 Å². The van der Waals surface area contributed by atoms with Crippen LogP contribution in [0.15, 0.2) is 0 Å².